The normalized spacial score (nSPS) is 12.5. The third kappa shape index (κ3) is 6.09. The van der Waals surface area contributed by atoms with Crippen molar-refractivity contribution in [2.24, 2.45) is 0 Å². The van der Waals surface area contributed by atoms with Crippen molar-refractivity contribution in [3.63, 3.8) is 0 Å². The Labute approximate surface area is 112 Å². The molecule has 0 bridgehead atoms. The average Bonchev–Trinajstić information content (AvgIpc) is 2.30. The van der Waals surface area contributed by atoms with Gasteiger partial charge in [0.15, 0.2) is 0 Å². The Morgan fingerprint density at radius 3 is 2.00 bits per heavy atom. The van der Waals surface area contributed by atoms with Gasteiger partial charge in [-0.3, -0.25) is 0 Å². The molecule has 0 aromatic rings. The Bertz CT molecular complexity index is 411. The second kappa shape index (κ2) is 8.35. The van der Waals surface area contributed by atoms with E-state index < -0.39 is 0 Å². The summed E-state index contributed by atoms with van der Waals surface area (Å²) in [5.41, 5.74) is 4.81. The summed E-state index contributed by atoms with van der Waals surface area (Å²) in [6.45, 7) is 13.9. The molecule has 0 fully saturated rings. The van der Waals surface area contributed by atoms with Gasteiger partial charge in [0, 0.05) is 20.3 Å². The van der Waals surface area contributed by atoms with Crippen LogP contribution in [0.25, 0.3) is 0 Å². The van der Waals surface area contributed by atoms with Crippen molar-refractivity contribution in [2.75, 3.05) is 14.1 Å². The molecule has 0 saturated carbocycles. The summed E-state index contributed by atoms with van der Waals surface area (Å²) < 4.78 is 0. The monoisotopic (exact) mass is 243 g/mol. The average molecular weight is 243 g/mol. The first-order chi connectivity index (χ1) is 8.42. The number of nitrogens with zero attached hydrogens (tertiary/aromatic N) is 1. The molecule has 0 aliphatic carbocycles. The van der Waals surface area contributed by atoms with Gasteiger partial charge in [0.1, 0.15) is 0 Å². The highest BCUT2D eigenvalue weighted by Gasteiger charge is 2.00. The first-order valence-electron chi connectivity index (χ1n) is 6.08. The van der Waals surface area contributed by atoms with E-state index in [0.717, 1.165) is 11.1 Å². The fraction of sp³-hybridized carbons (Fsp3) is 0.294. The highest BCUT2D eigenvalue weighted by molar-refractivity contribution is 5.49. The molecule has 0 unspecified atom stereocenters. The summed E-state index contributed by atoms with van der Waals surface area (Å²) in [6, 6.07) is 0. The maximum Gasteiger partial charge on any atom is 0.00645 e. The third-order valence-corrected chi connectivity index (χ3v) is 2.52. The fourth-order valence-electron chi connectivity index (χ4n) is 1.30. The van der Waals surface area contributed by atoms with Crippen LogP contribution in [0.2, 0.25) is 0 Å². The van der Waals surface area contributed by atoms with Crippen LogP contribution in [0.3, 0.4) is 0 Å². The summed E-state index contributed by atoms with van der Waals surface area (Å²) >= 11 is 0. The Morgan fingerprint density at radius 1 is 1.00 bits per heavy atom. The van der Waals surface area contributed by atoms with E-state index in [2.05, 4.69) is 52.3 Å². The molecule has 0 N–H and O–H groups in total. The van der Waals surface area contributed by atoms with Crippen LogP contribution in [0.5, 0.6) is 0 Å². The van der Waals surface area contributed by atoms with E-state index in [-0.39, 0.29) is 0 Å². The number of allylic oxidation sites excluding steroid dienone is 9. The summed E-state index contributed by atoms with van der Waals surface area (Å²) in [5, 5.41) is 0. The molecule has 0 aliphatic rings. The molecule has 0 aromatic heterocycles. The second-order valence-electron chi connectivity index (χ2n) is 4.63. The smallest absolute Gasteiger partial charge is 0.00645 e. The van der Waals surface area contributed by atoms with Crippen molar-refractivity contribution >= 4 is 0 Å². The molecule has 0 aliphatic heterocycles. The standard InChI is InChI=1S/C17H25N/c1-8-10-11-17(12-15(5)14(3)4)16(9-2)13-18(6)7/h8-13H,1-2H2,3-7H3/b11-10-,16-13+,17-12+. The van der Waals surface area contributed by atoms with E-state index in [1.165, 1.54) is 11.1 Å². The predicted octanol–water partition coefficient (Wildman–Crippen LogP) is 4.64. The van der Waals surface area contributed by atoms with Crippen LogP contribution in [0, 0.1) is 0 Å². The molecule has 98 valence electrons. The number of rotatable bonds is 6. The van der Waals surface area contributed by atoms with Gasteiger partial charge in [-0.15, -0.1) is 0 Å². The van der Waals surface area contributed by atoms with Gasteiger partial charge in [0.05, 0.1) is 0 Å². The molecule has 18 heavy (non-hydrogen) atoms. The molecule has 0 amide bonds. The molecule has 0 atom stereocenters. The van der Waals surface area contributed by atoms with Crippen LogP contribution >= 0.6 is 0 Å². The summed E-state index contributed by atoms with van der Waals surface area (Å²) in [7, 11) is 4.01. The molecular weight excluding hydrogens is 218 g/mol. The van der Waals surface area contributed by atoms with Crippen LogP contribution in [0.1, 0.15) is 20.8 Å². The maximum absolute atomic E-state index is 3.88. The molecular formula is C17H25N. The van der Waals surface area contributed by atoms with Gasteiger partial charge in [-0.1, -0.05) is 54.7 Å². The summed E-state index contributed by atoms with van der Waals surface area (Å²) in [6.07, 6.45) is 11.9. The molecule has 0 radical (unpaired) electrons. The molecule has 1 heteroatoms. The quantitative estimate of drug-likeness (QED) is 0.614. The van der Waals surface area contributed by atoms with Crippen LogP contribution in [0.15, 0.2) is 72.0 Å². The van der Waals surface area contributed by atoms with Crippen LogP contribution < -0.4 is 0 Å². The van der Waals surface area contributed by atoms with Crippen molar-refractivity contribution in [2.45, 2.75) is 20.8 Å². The lowest BCUT2D eigenvalue weighted by Gasteiger charge is -2.10. The lowest BCUT2D eigenvalue weighted by molar-refractivity contribution is 0.561. The Hall–Kier alpha value is -1.76. The van der Waals surface area contributed by atoms with E-state index in [1.807, 2.05) is 31.1 Å². The topological polar surface area (TPSA) is 3.24 Å². The zero-order valence-corrected chi connectivity index (χ0v) is 12.3. The van der Waals surface area contributed by atoms with Crippen LogP contribution in [-0.2, 0) is 0 Å². The third-order valence-electron chi connectivity index (χ3n) is 2.52. The summed E-state index contributed by atoms with van der Waals surface area (Å²) in [5.74, 6) is 0. The number of hydrogen-bond acceptors (Lipinski definition) is 1. The Morgan fingerprint density at radius 2 is 1.61 bits per heavy atom. The van der Waals surface area contributed by atoms with E-state index in [0.29, 0.717) is 0 Å². The number of hydrogen-bond donors (Lipinski definition) is 0. The highest BCUT2D eigenvalue weighted by atomic mass is 15.0. The minimum atomic E-state index is 1.10. The largest absolute Gasteiger partial charge is 0.383 e. The van der Waals surface area contributed by atoms with Crippen molar-refractivity contribution in [1.29, 1.82) is 0 Å². The molecule has 0 spiro atoms. The lowest BCUT2D eigenvalue weighted by atomic mass is 10.0. The Kier molecular flexibility index (Phi) is 7.53. The van der Waals surface area contributed by atoms with E-state index in [4.69, 9.17) is 0 Å². The predicted molar refractivity (Wildman–Crippen MR) is 83.4 cm³/mol. The lowest BCUT2D eigenvalue weighted by Crippen LogP contribution is -2.03. The molecule has 1 nitrogen and oxygen atoms in total. The van der Waals surface area contributed by atoms with Crippen molar-refractivity contribution in [3.05, 3.63) is 72.0 Å². The molecule has 0 rings (SSSR count). The first kappa shape index (κ1) is 16.2. The van der Waals surface area contributed by atoms with Crippen LogP contribution in [-0.4, -0.2) is 19.0 Å². The van der Waals surface area contributed by atoms with Gasteiger partial charge in [-0.25, -0.2) is 0 Å². The zero-order chi connectivity index (χ0) is 14.1. The van der Waals surface area contributed by atoms with Crippen molar-refractivity contribution < 1.29 is 0 Å². The molecule has 0 saturated heterocycles. The molecule has 0 heterocycles. The van der Waals surface area contributed by atoms with E-state index in [9.17, 15) is 0 Å². The van der Waals surface area contributed by atoms with Crippen molar-refractivity contribution in [3.8, 4) is 0 Å². The maximum atomic E-state index is 3.88. The molecule has 0 aromatic carbocycles. The zero-order valence-electron chi connectivity index (χ0n) is 12.3. The fourth-order valence-corrected chi connectivity index (χ4v) is 1.30. The summed E-state index contributed by atoms with van der Waals surface area (Å²) in [4.78, 5) is 2.02. The first-order valence-corrected chi connectivity index (χ1v) is 6.08. The van der Waals surface area contributed by atoms with Gasteiger partial charge in [-0.2, -0.15) is 0 Å². The van der Waals surface area contributed by atoms with Crippen molar-refractivity contribution in [1.82, 2.24) is 4.90 Å². The minimum absolute atomic E-state index is 1.10. The second-order valence-corrected chi connectivity index (χ2v) is 4.63. The van der Waals surface area contributed by atoms with Crippen LogP contribution in [0.4, 0.5) is 0 Å². The minimum Gasteiger partial charge on any atom is -0.383 e. The van der Waals surface area contributed by atoms with Gasteiger partial charge >= 0.3 is 0 Å². The SMILES string of the molecule is C=C\C=C/C(=C\C(C)=C(C)C)C(/C=C)=C/N(C)C. The van der Waals surface area contributed by atoms with Gasteiger partial charge < -0.3 is 4.90 Å². The van der Waals surface area contributed by atoms with Gasteiger partial charge in [0.25, 0.3) is 0 Å². The van der Waals surface area contributed by atoms with Gasteiger partial charge in [0.2, 0.25) is 0 Å². The van der Waals surface area contributed by atoms with E-state index >= 15 is 0 Å². The highest BCUT2D eigenvalue weighted by Crippen LogP contribution is 2.17. The van der Waals surface area contributed by atoms with Gasteiger partial charge in [-0.05, 0) is 31.9 Å². The Balaban J connectivity index is 5.62. The van der Waals surface area contributed by atoms with E-state index in [1.54, 1.807) is 6.08 Å².